The largest absolute Gasteiger partial charge is 0.486 e. The molecule has 0 spiro atoms. The summed E-state index contributed by atoms with van der Waals surface area (Å²) in [6.07, 6.45) is 0. The second kappa shape index (κ2) is 6.76. The predicted octanol–water partition coefficient (Wildman–Crippen LogP) is 3.99. The van der Waals surface area contributed by atoms with Crippen LogP contribution in [0.1, 0.15) is 28.9 Å². The molecule has 3 rings (SSSR count). The molecular formula is C17H14BrF2NO3. The lowest BCUT2D eigenvalue weighted by Crippen LogP contribution is -2.28. The van der Waals surface area contributed by atoms with Crippen LogP contribution in [-0.4, -0.2) is 19.1 Å². The van der Waals surface area contributed by atoms with Crippen LogP contribution in [0, 0.1) is 11.6 Å². The first-order chi connectivity index (χ1) is 11.5. The Morgan fingerprint density at radius 3 is 2.50 bits per heavy atom. The van der Waals surface area contributed by atoms with Gasteiger partial charge in [-0.3, -0.25) is 4.79 Å². The van der Waals surface area contributed by atoms with E-state index in [4.69, 9.17) is 9.47 Å². The maximum Gasteiger partial charge on any atom is 0.254 e. The van der Waals surface area contributed by atoms with Crippen molar-refractivity contribution >= 4 is 21.8 Å². The van der Waals surface area contributed by atoms with Crippen molar-refractivity contribution in [3.63, 3.8) is 0 Å². The molecule has 0 fully saturated rings. The van der Waals surface area contributed by atoms with Gasteiger partial charge < -0.3 is 14.8 Å². The number of benzene rings is 2. The lowest BCUT2D eigenvalue weighted by atomic mass is 10.1. The summed E-state index contributed by atoms with van der Waals surface area (Å²) in [6, 6.07) is 5.95. The molecule has 4 nitrogen and oxygen atoms in total. The molecule has 24 heavy (non-hydrogen) atoms. The topological polar surface area (TPSA) is 47.6 Å². The zero-order chi connectivity index (χ0) is 17.3. The highest BCUT2D eigenvalue weighted by molar-refractivity contribution is 9.10. The van der Waals surface area contributed by atoms with Crippen LogP contribution >= 0.6 is 15.9 Å². The molecule has 1 unspecified atom stereocenters. The Morgan fingerprint density at radius 1 is 1.17 bits per heavy atom. The first-order valence-electron chi connectivity index (χ1n) is 7.30. The van der Waals surface area contributed by atoms with E-state index in [9.17, 15) is 13.6 Å². The molecule has 1 aliphatic rings. The summed E-state index contributed by atoms with van der Waals surface area (Å²) in [4.78, 5) is 12.2. The molecule has 1 N–H and O–H groups in total. The Bertz CT molecular complexity index is 798. The second-order valence-corrected chi connectivity index (χ2v) is 6.19. The first kappa shape index (κ1) is 16.7. The van der Waals surface area contributed by atoms with Crippen LogP contribution in [0.4, 0.5) is 8.78 Å². The Morgan fingerprint density at radius 2 is 1.83 bits per heavy atom. The van der Waals surface area contributed by atoms with E-state index in [0.717, 1.165) is 22.2 Å². The van der Waals surface area contributed by atoms with Crippen molar-refractivity contribution in [3.05, 3.63) is 57.6 Å². The van der Waals surface area contributed by atoms with Gasteiger partial charge in [0.05, 0.1) is 11.6 Å². The third-order valence-corrected chi connectivity index (χ3v) is 4.34. The number of rotatable bonds is 3. The van der Waals surface area contributed by atoms with Gasteiger partial charge in [0, 0.05) is 10.5 Å². The molecule has 0 aliphatic carbocycles. The van der Waals surface area contributed by atoms with Crippen molar-refractivity contribution in [1.29, 1.82) is 0 Å². The number of fused-ring (bicyclic) bond motifs is 1. The van der Waals surface area contributed by atoms with E-state index in [1.807, 2.05) is 0 Å². The number of hydrogen-bond donors (Lipinski definition) is 1. The van der Waals surface area contributed by atoms with Crippen molar-refractivity contribution in [3.8, 4) is 11.5 Å². The van der Waals surface area contributed by atoms with Gasteiger partial charge in [-0.2, -0.15) is 0 Å². The predicted molar refractivity (Wildman–Crippen MR) is 87.4 cm³/mol. The fourth-order valence-electron chi connectivity index (χ4n) is 2.44. The molecule has 7 heteroatoms. The van der Waals surface area contributed by atoms with Crippen LogP contribution in [-0.2, 0) is 0 Å². The van der Waals surface area contributed by atoms with Gasteiger partial charge in [-0.05, 0) is 36.8 Å². The van der Waals surface area contributed by atoms with Crippen LogP contribution < -0.4 is 14.8 Å². The van der Waals surface area contributed by atoms with Gasteiger partial charge in [-0.25, -0.2) is 8.78 Å². The molecule has 0 bridgehead atoms. The highest BCUT2D eigenvalue weighted by Crippen LogP contribution is 2.37. The zero-order valence-electron chi connectivity index (χ0n) is 12.7. The van der Waals surface area contributed by atoms with Crippen LogP contribution in [0.2, 0.25) is 0 Å². The Kier molecular flexibility index (Phi) is 4.71. The van der Waals surface area contributed by atoms with Gasteiger partial charge in [-0.1, -0.05) is 15.9 Å². The maximum atomic E-state index is 13.7. The van der Waals surface area contributed by atoms with Crippen molar-refractivity contribution in [2.24, 2.45) is 0 Å². The van der Waals surface area contributed by atoms with Gasteiger partial charge in [0.1, 0.15) is 24.8 Å². The normalized spacial score (nSPS) is 14.2. The summed E-state index contributed by atoms with van der Waals surface area (Å²) in [6.45, 7) is 2.69. The summed E-state index contributed by atoms with van der Waals surface area (Å²) < 4.78 is 38.4. The number of ether oxygens (including phenoxy) is 2. The number of halogens is 3. The summed E-state index contributed by atoms with van der Waals surface area (Å²) in [5.41, 5.74) is 0.548. The molecule has 2 aromatic carbocycles. The first-order valence-corrected chi connectivity index (χ1v) is 8.10. The third-order valence-electron chi connectivity index (χ3n) is 3.65. The van der Waals surface area contributed by atoms with Crippen LogP contribution in [0.25, 0.3) is 0 Å². The lowest BCUT2D eigenvalue weighted by molar-refractivity contribution is 0.0935. The van der Waals surface area contributed by atoms with Gasteiger partial charge in [0.25, 0.3) is 5.91 Å². The van der Waals surface area contributed by atoms with Crippen LogP contribution in [0.3, 0.4) is 0 Å². The molecule has 1 aliphatic heterocycles. The standard InChI is InChI=1S/C17H14BrF2NO3/c1-9(21-17(22)11-3-2-10(19)6-14(11)20)12-7-15-16(8-13(12)18)24-5-4-23-15/h2-3,6-9H,4-5H2,1H3,(H,21,22). The second-order valence-electron chi connectivity index (χ2n) is 5.34. The summed E-state index contributed by atoms with van der Waals surface area (Å²) in [5.74, 6) is -1.04. The molecule has 1 heterocycles. The summed E-state index contributed by atoms with van der Waals surface area (Å²) >= 11 is 3.44. The van der Waals surface area contributed by atoms with E-state index >= 15 is 0 Å². The van der Waals surface area contributed by atoms with E-state index in [-0.39, 0.29) is 5.56 Å². The van der Waals surface area contributed by atoms with E-state index < -0.39 is 23.6 Å². The summed E-state index contributed by atoms with van der Waals surface area (Å²) in [7, 11) is 0. The van der Waals surface area contributed by atoms with Gasteiger partial charge in [-0.15, -0.1) is 0 Å². The van der Waals surface area contributed by atoms with Gasteiger partial charge in [0.15, 0.2) is 11.5 Å². The van der Waals surface area contributed by atoms with E-state index in [1.54, 1.807) is 19.1 Å². The molecule has 126 valence electrons. The Balaban J connectivity index is 1.81. The van der Waals surface area contributed by atoms with Gasteiger partial charge in [0.2, 0.25) is 0 Å². The van der Waals surface area contributed by atoms with Crippen molar-refractivity contribution < 1.29 is 23.0 Å². The average Bonchev–Trinajstić information content (AvgIpc) is 2.53. The quantitative estimate of drug-likeness (QED) is 0.851. The number of carbonyl (C=O) groups is 1. The van der Waals surface area contributed by atoms with Gasteiger partial charge >= 0.3 is 0 Å². The van der Waals surface area contributed by atoms with E-state index in [1.165, 1.54) is 0 Å². The fourth-order valence-corrected chi connectivity index (χ4v) is 3.10. The molecule has 0 radical (unpaired) electrons. The molecule has 0 aromatic heterocycles. The monoisotopic (exact) mass is 397 g/mol. The minimum absolute atomic E-state index is 0.211. The minimum atomic E-state index is -0.902. The van der Waals surface area contributed by atoms with Crippen LogP contribution in [0.15, 0.2) is 34.8 Å². The minimum Gasteiger partial charge on any atom is -0.486 e. The van der Waals surface area contributed by atoms with E-state index in [0.29, 0.717) is 30.8 Å². The Labute approximate surface area is 145 Å². The van der Waals surface area contributed by atoms with Crippen LogP contribution in [0.5, 0.6) is 11.5 Å². The zero-order valence-corrected chi connectivity index (χ0v) is 14.3. The molecule has 0 saturated heterocycles. The average molecular weight is 398 g/mol. The smallest absolute Gasteiger partial charge is 0.254 e. The Hall–Kier alpha value is -2.15. The molecule has 1 atom stereocenters. The molecule has 1 amide bonds. The number of hydrogen-bond acceptors (Lipinski definition) is 3. The number of carbonyl (C=O) groups excluding carboxylic acids is 1. The third kappa shape index (κ3) is 3.36. The maximum absolute atomic E-state index is 13.7. The van der Waals surface area contributed by atoms with Crippen molar-refractivity contribution in [2.45, 2.75) is 13.0 Å². The summed E-state index contributed by atoms with van der Waals surface area (Å²) in [5, 5.41) is 2.69. The van der Waals surface area contributed by atoms with Crippen molar-refractivity contribution in [1.82, 2.24) is 5.32 Å². The van der Waals surface area contributed by atoms with E-state index in [2.05, 4.69) is 21.2 Å². The fraction of sp³-hybridized carbons (Fsp3) is 0.235. The molecule has 2 aromatic rings. The molecular weight excluding hydrogens is 384 g/mol. The highest BCUT2D eigenvalue weighted by atomic mass is 79.9. The lowest BCUT2D eigenvalue weighted by Gasteiger charge is -2.22. The van der Waals surface area contributed by atoms with Crippen molar-refractivity contribution in [2.75, 3.05) is 13.2 Å². The SMILES string of the molecule is CC(NC(=O)c1ccc(F)cc1F)c1cc2c(cc1Br)OCCO2. The highest BCUT2D eigenvalue weighted by Gasteiger charge is 2.21. The number of amides is 1. The molecule has 0 saturated carbocycles. The number of nitrogens with one attached hydrogen (secondary N) is 1.